The summed E-state index contributed by atoms with van der Waals surface area (Å²) >= 11 is 0. The number of benzene rings is 2. The number of nitrogens with zero attached hydrogens (tertiary/aromatic N) is 2. The first-order valence-electron chi connectivity index (χ1n) is 15.1. The maximum absolute atomic E-state index is 12.1. The first-order valence-corrected chi connectivity index (χ1v) is 15.1. The number of rotatable bonds is 4. The number of hydrogen-bond donors (Lipinski definition) is 2. The fraction of sp³-hybridized carbons (Fsp3) is 0.545. The van der Waals surface area contributed by atoms with Gasteiger partial charge in [0.15, 0.2) is 0 Å². The minimum atomic E-state index is -0.275. The molecule has 2 heterocycles. The van der Waals surface area contributed by atoms with E-state index in [1.54, 1.807) is 9.80 Å². The largest absolute Gasteiger partial charge is 1.00 e. The van der Waals surface area contributed by atoms with Gasteiger partial charge in [0, 0.05) is 54.5 Å². The van der Waals surface area contributed by atoms with Gasteiger partial charge in [0.2, 0.25) is 0 Å². The van der Waals surface area contributed by atoms with Crippen molar-refractivity contribution >= 4 is 26.4 Å². The molecule has 0 bridgehead atoms. The molecule has 0 saturated carbocycles. The molecule has 1 unspecified atom stereocenters. The Morgan fingerprint density at radius 2 is 1.11 bits per heavy atom. The second kappa shape index (κ2) is 25.9. The fourth-order valence-electron chi connectivity index (χ4n) is 4.77. The van der Waals surface area contributed by atoms with Crippen LogP contribution in [0.15, 0.2) is 60.7 Å². The molecule has 4 rings (SSSR count). The van der Waals surface area contributed by atoms with Gasteiger partial charge in [-0.15, -0.1) is 0 Å². The third-order valence-corrected chi connectivity index (χ3v) is 7.12. The molecule has 2 aliphatic rings. The van der Waals surface area contributed by atoms with Gasteiger partial charge >= 0.3 is 41.7 Å². The van der Waals surface area contributed by atoms with Crippen molar-refractivity contribution < 1.29 is 65.1 Å². The smallest absolute Gasteiger partial charge is 1.00 e. The summed E-state index contributed by atoms with van der Waals surface area (Å²) in [7, 11) is 1.00. The summed E-state index contributed by atoms with van der Waals surface area (Å²) in [4.78, 5) is 39.1. The quantitative estimate of drug-likeness (QED) is 0.506. The number of ether oxygens (including phenoxy) is 2. The van der Waals surface area contributed by atoms with Gasteiger partial charge in [-0.25, -0.2) is 9.59 Å². The van der Waals surface area contributed by atoms with Crippen LogP contribution < -0.4 is 29.6 Å². The number of amides is 2. The van der Waals surface area contributed by atoms with Crippen molar-refractivity contribution in [1.82, 2.24) is 9.80 Å². The van der Waals surface area contributed by atoms with E-state index in [-0.39, 0.29) is 57.7 Å². The molecule has 2 saturated heterocycles. The summed E-state index contributed by atoms with van der Waals surface area (Å²) in [6.45, 7) is 3.30. The van der Waals surface area contributed by atoms with E-state index in [9.17, 15) is 19.5 Å². The molecule has 44 heavy (non-hydrogen) atoms. The minimum absolute atomic E-state index is 0. The molecule has 2 N–H and O–H groups in total. The van der Waals surface area contributed by atoms with Crippen LogP contribution in [0.5, 0.6) is 0 Å². The van der Waals surface area contributed by atoms with Crippen LogP contribution in [0, 0.1) is 0 Å². The standard InChI is InChI=1S/C16H23NO3.C16H21NO3.CH4O.B.Na.H/c2*18-15-9-4-5-11-17(12-6-10-15)16(19)20-13-14-7-2-1-3-8-14;1-2;;;/h1-3,7-8,15,18H,4-6,9-13H2;1-3,7-8H,4-6,9-13H2;2H,1H3;;;/q;;;;+1;-1. The van der Waals surface area contributed by atoms with Gasteiger partial charge in [0.25, 0.3) is 0 Å². The van der Waals surface area contributed by atoms with Crippen LogP contribution in [0.3, 0.4) is 0 Å². The summed E-state index contributed by atoms with van der Waals surface area (Å²) in [5.41, 5.74) is 1.99. The van der Waals surface area contributed by atoms with Crippen molar-refractivity contribution in [2.75, 3.05) is 33.3 Å². The van der Waals surface area contributed by atoms with Crippen LogP contribution in [-0.4, -0.2) is 85.8 Å². The Kier molecular flexibility index (Phi) is 24.5. The monoisotopic (exact) mass is 619 g/mol. The number of hydrogen-bond acceptors (Lipinski definition) is 7. The molecule has 0 spiro atoms. The molecule has 1 atom stereocenters. The SMILES string of the molecule is CO.O=C(OCc1ccccc1)N1CCCCC(O)CCC1.O=C1CCCCN(C(=O)OCc2ccccc2)CCC1.[B].[H-].[Na+]. The summed E-state index contributed by atoms with van der Waals surface area (Å²) in [5.74, 6) is 0.310. The molecular formula is C33H49BN2NaO7. The third kappa shape index (κ3) is 17.8. The van der Waals surface area contributed by atoms with E-state index in [0.717, 1.165) is 76.1 Å². The molecule has 11 heteroatoms. The molecule has 2 aromatic rings. The van der Waals surface area contributed by atoms with Crippen molar-refractivity contribution in [3.63, 3.8) is 0 Å². The number of aliphatic hydroxyl groups is 2. The van der Waals surface area contributed by atoms with Crippen LogP contribution in [0.2, 0.25) is 0 Å². The molecule has 2 aromatic carbocycles. The Morgan fingerprint density at radius 3 is 1.64 bits per heavy atom. The van der Waals surface area contributed by atoms with Crippen LogP contribution in [0.1, 0.15) is 76.8 Å². The summed E-state index contributed by atoms with van der Waals surface area (Å²) in [6, 6.07) is 19.4. The maximum Gasteiger partial charge on any atom is 1.00 e. The third-order valence-electron chi connectivity index (χ3n) is 7.12. The molecular weight excluding hydrogens is 570 g/mol. The minimum Gasteiger partial charge on any atom is -1.00 e. The van der Waals surface area contributed by atoms with Gasteiger partial charge in [-0.1, -0.05) is 60.7 Å². The van der Waals surface area contributed by atoms with E-state index in [1.165, 1.54) is 0 Å². The van der Waals surface area contributed by atoms with Crippen molar-refractivity contribution in [2.24, 2.45) is 0 Å². The first-order chi connectivity index (χ1) is 20.5. The summed E-state index contributed by atoms with van der Waals surface area (Å²) in [5, 5.41) is 16.7. The molecule has 3 radical (unpaired) electrons. The molecule has 9 nitrogen and oxygen atoms in total. The molecule has 237 valence electrons. The van der Waals surface area contributed by atoms with Crippen LogP contribution in [-0.2, 0) is 27.5 Å². The maximum atomic E-state index is 12.1. The zero-order chi connectivity index (χ0) is 30.4. The summed E-state index contributed by atoms with van der Waals surface area (Å²) in [6.07, 6.45) is 7.28. The van der Waals surface area contributed by atoms with Crippen LogP contribution >= 0.6 is 0 Å². The predicted molar refractivity (Wildman–Crippen MR) is 169 cm³/mol. The molecule has 2 aliphatic heterocycles. The molecule has 0 aliphatic carbocycles. The number of carbonyl (C=O) groups excluding carboxylic acids is 3. The Hall–Kier alpha value is -2.37. The van der Waals surface area contributed by atoms with Crippen molar-refractivity contribution in [2.45, 2.75) is 83.5 Å². The number of aliphatic hydroxyl groups excluding tert-OH is 2. The average Bonchev–Trinajstić information content (AvgIpc) is 3.21. The number of Topliss-reactive ketones (excluding diaryl/α,β-unsaturated/α-hetero) is 1. The van der Waals surface area contributed by atoms with Gasteiger partial charge in [-0.2, -0.15) is 0 Å². The van der Waals surface area contributed by atoms with Crippen LogP contribution in [0.4, 0.5) is 9.59 Å². The van der Waals surface area contributed by atoms with Gasteiger partial charge in [-0.05, 0) is 62.5 Å². The van der Waals surface area contributed by atoms with E-state index in [4.69, 9.17) is 14.6 Å². The van der Waals surface area contributed by atoms with Gasteiger partial charge in [0.1, 0.15) is 19.0 Å². The van der Waals surface area contributed by atoms with Crippen molar-refractivity contribution in [3.05, 3.63) is 71.8 Å². The predicted octanol–water partition coefficient (Wildman–Crippen LogP) is 2.45. The van der Waals surface area contributed by atoms with Crippen LogP contribution in [0.25, 0.3) is 0 Å². The van der Waals surface area contributed by atoms with Crippen molar-refractivity contribution in [3.8, 4) is 0 Å². The van der Waals surface area contributed by atoms with Gasteiger partial charge < -0.3 is 30.9 Å². The van der Waals surface area contributed by atoms with Gasteiger partial charge in [0.05, 0.1) is 6.10 Å². The van der Waals surface area contributed by atoms with E-state index in [1.807, 2.05) is 60.7 Å². The van der Waals surface area contributed by atoms with E-state index >= 15 is 0 Å². The van der Waals surface area contributed by atoms with Gasteiger partial charge in [-0.3, -0.25) is 4.79 Å². The Bertz CT molecular complexity index is 1040. The topological polar surface area (TPSA) is 117 Å². The second-order valence-corrected chi connectivity index (χ2v) is 10.4. The Balaban J connectivity index is 0. The first kappa shape index (κ1) is 41.6. The Morgan fingerprint density at radius 1 is 0.705 bits per heavy atom. The average molecular weight is 620 g/mol. The zero-order valence-corrected chi connectivity index (χ0v) is 28.6. The van der Waals surface area contributed by atoms with E-state index in [2.05, 4.69) is 0 Å². The Labute approximate surface area is 288 Å². The van der Waals surface area contributed by atoms with E-state index < -0.39 is 0 Å². The molecule has 2 fully saturated rings. The second-order valence-electron chi connectivity index (χ2n) is 10.4. The zero-order valence-electron chi connectivity index (χ0n) is 27.6. The number of carbonyl (C=O) groups is 3. The normalized spacial score (nSPS) is 17.2. The molecule has 2 amide bonds. The molecule has 0 aromatic heterocycles. The fourth-order valence-corrected chi connectivity index (χ4v) is 4.77. The van der Waals surface area contributed by atoms with E-state index in [0.29, 0.717) is 51.5 Å². The number of ketones is 1. The summed E-state index contributed by atoms with van der Waals surface area (Å²) < 4.78 is 10.7. The van der Waals surface area contributed by atoms with Crippen molar-refractivity contribution in [1.29, 1.82) is 0 Å².